The number of anilines is 2. The van der Waals surface area contributed by atoms with Gasteiger partial charge in [-0.25, -0.2) is 9.97 Å². The van der Waals surface area contributed by atoms with Gasteiger partial charge >= 0.3 is 0 Å². The van der Waals surface area contributed by atoms with Crippen LogP contribution < -0.4 is 5.32 Å². The van der Waals surface area contributed by atoms with Crippen molar-refractivity contribution in [2.24, 2.45) is 5.41 Å². The third-order valence-corrected chi connectivity index (χ3v) is 5.86. The lowest BCUT2D eigenvalue weighted by atomic mass is 9.85. The molecule has 1 N–H and O–H groups in total. The molecule has 0 amide bonds. The Labute approximate surface area is 167 Å². The molecule has 2 aromatic heterocycles. The SMILES string of the molecule is C[SiH](C)OC(c1ccnc(Nc2ncc(-c3ccccc3)s2)c1)C(C)(C)C. The second-order valence-electron chi connectivity index (χ2n) is 7.93. The van der Waals surface area contributed by atoms with Crippen LogP contribution >= 0.6 is 11.3 Å². The largest absolute Gasteiger partial charge is 0.413 e. The third-order valence-electron chi connectivity index (χ3n) is 4.08. The molecular weight excluding hydrogens is 370 g/mol. The van der Waals surface area contributed by atoms with E-state index in [9.17, 15) is 0 Å². The number of nitrogens with zero attached hydrogens (tertiary/aromatic N) is 2. The minimum Gasteiger partial charge on any atom is -0.413 e. The molecule has 27 heavy (non-hydrogen) atoms. The van der Waals surface area contributed by atoms with Gasteiger partial charge in [0.05, 0.1) is 11.0 Å². The molecule has 1 unspecified atom stereocenters. The number of nitrogens with one attached hydrogen (secondary N) is 1. The Balaban J connectivity index is 1.81. The number of thiazole rings is 1. The van der Waals surface area contributed by atoms with Crippen molar-refractivity contribution in [3.05, 3.63) is 60.4 Å². The molecule has 142 valence electrons. The number of hydrogen-bond donors (Lipinski definition) is 1. The highest BCUT2D eigenvalue weighted by atomic mass is 32.1. The standard InChI is InChI=1S/C21H27N3OSSi/c1-21(2,3)19(25-27(4)5)16-11-12-22-18(13-16)24-20-23-14-17(26-20)15-9-7-6-8-10-15/h6-14,19,27H,1-5H3,(H,22,23,24). The fourth-order valence-corrected chi connectivity index (χ4v) is 4.85. The molecule has 3 rings (SSSR count). The summed E-state index contributed by atoms with van der Waals surface area (Å²) >= 11 is 1.62. The minimum atomic E-state index is -1.16. The Morgan fingerprint density at radius 1 is 1.07 bits per heavy atom. The van der Waals surface area contributed by atoms with Gasteiger partial charge in [-0.1, -0.05) is 62.4 Å². The third kappa shape index (κ3) is 5.25. The minimum absolute atomic E-state index is 0.0254. The quantitative estimate of drug-likeness (QED) is 0.515. The lowest BCUT2D eigenvalue weighted by molar-refractivity contribution is 0.0866. The fourth-order valence-electron chi connectivity index (χ4n) is 2.91. The van der Waals surface area contributed by atoms with E-state index in [1.54, 1.807) is 11.3 Å². The van der Waals surface area contributed by atoms with Crippen molar-refractivity contribution < 1.29 is 4.43 Å². The van der Waals surface area contributed by atoms with Crippen molar-refractivity contribution in [2.75, 3.05) is 5.32 Å². The summed E-state index contributed by atoms with van der Waals surface area (Å²) in [5, 5.41) is 4.18. The molecule has 2 heterocycles. The maximum absolute atomic E-state index is 6.34. The van der Waals surface area contributed by atoms with Gasteiger partial charge in [0.2, 0.25) is 0 Å². The Morgan fingerprint density at radius 2 is 1.81 bits per heavy atom. The number of rotatable bonds is 6. The van der Waals surface area contributed by atoms with E-state index in [0.717, 1.165) is 21.4 Å². The molecule has 0 saturated carbocycles. The number of aromatic nitrogens is 2. The summed E-state index contributed by atoms with van der Waals surface area (Å²) in [6.07, 6.45) is 3.80. The van der Waals surface area contributed by atoms with Gasteiger partial charge in [-0.05, 0) is 41.8 Å². The van der Waals surface area contributed by atoms with E-state index in [1.807, 2.05) is 30.6 Å². The van der Waals surface area contributed by atoms with Gasteiger partial charge in [-0.3, -0.25) is 0 Å². The maximum atomic E-state index is 6.34. The molecule has 0 aliphatic rings. The van der Waals surface area contributed by atoms with E-state index < -0.39 is 9.04 Å². The highest BCUT2D eigenvalue weighted by Gasteiger charge is 2.28. The van der Waals surface area contributed by atoms with Gasteiger partial charge in [0.25, 0.3) is 0 Å². The Morgan fingerprint density at radius 3 is 2.48 bits per heavy atom. The van der Waals surface area contributed by atoms with Gasteiger partial charge in [0.1, 0.15) is 5.82 Å². The monoisotopic (exact) mass is 397 g/mol. The van der Waals surface area contributed by atoms with E-state index in [0.29, 0.717) is 0 Å². The van der Waals surface area contributed by atoms with E-state index in [1.165, 1.54) is 5.56 Å². The first-order chi connectivity index (χ1) is 12.8. The first-order valence-corrected chi connectivity index (χ1v) is 12.8. The molecule has 3 aromatic rings. The summed E-state index contributed by atoms with van der Waals surface area (Å²) in [5.74, 6) is 0.796. The van der Waals surface area contributed by atoms with Crippen molar-refractivity contribution in [3.8, 4) is 10.4 Å². The molecule has 0 spiro atoms. The zero-order chi connectivity index (χ0) is 19.4. The molecule has 0 radical (unpaired) electrons. The van der Waals surface area contributed by atoms with E-state index in [2.05, 4.69) is 73.4 Å². The van der Waals surface area contributed by atoms with E-state index in [-0.39, 0.29) is 11.5 Å². The van der Waals surface area contributed by atoms with Crippen molar-refractivity contribution >= 4 is 31.3 Å². The van der Waals surface area contributed by atoms with Crippen LogP contribution in [0.3, 0.4) is 0 Å². The molecule has 0 saturated heterocycles. The Hall–Kier alpha value is -2.02. The van der Waals surface area contributed by atoms with Crippen LogP contribution in [0.4, 0.5) is 10.9 Å². The molecule has 6 heteroatoms. The van der Waals surface area contributed by atoms with Gasteiger partial charge in [0, 0.05) is 12.4 Å². The van der Waals surface area contributed by atoms with E-state index >= 15 is 0 Å². The van der Waals surface area contributed by atoms with E-state index in [4.69, 9.17) is 4.43 Å². The molecule has 4 nitrogen and oxygen atoms in total. The topological polar surface area (TPSA) is 47.0 Å². The summed E-state index contributed by atoms with van der Waals surface area (Å²) in [6.45, 7) is 11.1. The van der Waals surface area contributed by atoms with Gasteiger partial charge in [0.15, 0.2) is 14.2 Å². The van der Waals surface area contributed by atoms with Gasteiger partial charge in [-0.2, -0.15) is 0 Å². The second-order valence-corrected chi connectivity index (χ2v) is 11.3. The molecule has 0 aliphatic carbocycles. The number of pyridine rings is 1. The van der Waals surface area contributed by atoms with Crippen molar-refractivity contribution in [1.82, 2.24) is 9.97 Å². The Kier molecular flexibility index (Phi) is 6.09. The summed E-state index contributed by atoms with van der Waals surface area (Å²) in [5.41, 5.74) is 2.35. The average Bonchev–Trinajstić information content (AvgIpc) is 3.08. The highest BCUT2D eigenvalue weighted by molar-refractivity contribution is 7.18. The fraction of sp³-hybridized carbons (Fsp3) is 0.333. The lowest BCUT2D eigenvalue weighted by Crippen LogP contribution is -2.26. The van der Waals surface area contributed by atoms with Crippen LogP contribution in [0.5, 0.6) is 0 Å². The van der Waals surface area contributed by atoms with Crippen molar-refractivity contribution in [3.63, 3.8) is 0 Å². The van der Waals surface area contributed by atoms with Crippen LogP contribution in [0.2, 0.25) is 13.1 Å². The second kappa shape index (κ2) is 8.33. The molecule has 0 fully saturated rings. The molecule has 1 aromatic carbocycles. The zero-order valence-corrected chi connectivity index (χ0v) is 18.5. The average molecular weight is 398 g/mol. The predicted octanol–water partition coefficient (Wildman–Crippen LogP) is 6.04. The molecule has 0 bridgehead atoms. The molecular formula is C21H27N3OSSi. The smallest absolute Gasteiger partial charge is 0.188 e. The highest BCUT2D eigenvalue weighted by Crippen LogP contribution is 2.37. The van der Waals surface area contributed by atoms with Crippen molar-refractivity contribution in [1.29, 1.82) is 0 Å². The molecule has 1 atom stereocenters. The summed E-state index contributed by atoms with van der Waals surface area (Å²) in [7, 11) is -1.16. The van der Waals surface area contributed by atoms with Crippen LogP contribution in [0, 0.1) is 5.41 Å². The van der Waals surface area contributed by atoms with Crippen LogP contribution in [-0.2, 0) is 4.43 Å². The van der Waals surface area contributed by atoms with Crippen LogP contribution in [0.15, 0.2) is 54.9 Å². The van der Waals surface area contributed by atoms with Crippen molar-refractivity contribution in [2.45, 2.75) is 40.0 Å². The lowest BCUT2D eigenvalue weighted by Gasteiger charge is -2.33. The Bertz CT molecular complexity index is 874. The maximum Gasteiger partial charge on any atom is 0.188 e. The predicted molar refractivity (Wildman–Crippen MR) is 117 cm³/mol. The first-order valence-electron chi connectivity index (χ1n) is 9.22. The van der Waals surface area contributed by atoms with Crippen LogP contribution in [0.1, 0.15) is 32.4 Å². The van der Waals surface area contributed by atoms with Crippen LogP contribution in [0.25, 0.3) is 10.4 Å². The zero-order valence-electron chi connectivity index (χ0n) is 16.6. The molecule has 0 aliphatic heterocycles. The number of benzene rings is 1. The van der Waals surface area contributed by atoms with Gasteiger partial charge in [-0.15, -0.1) is 0 Å². The summed E-state index contributed by atoms with van der Waals surface area (Å²) in [6, 6.07) is 14.4. The first kappa shape index (κ1) is 19.7. The summed E-state index contributed by atoms with van der Waals surface area (Å²) < 4.78 is 6.34. The summed E-state index contributed by atoms with van der Waals surface area (Å²) in [4.78, 5) is 10.1. The van der Waals surface area contributed by atoms with Gasteiger partial charge < -0.3 is 9.74 Å². The number of hydrogen-bond acceptors (Lipinski definition) is 5. The normalized spacial score (nSPS) is 13.0. The van der Waals surface area contributed by atoms with Crippen LogP contribution in [-0.4, -0.2) is 19.0 Å².